The molecule has 3 rings (SSSR count). The number of halogens is 1. The Morgan fingerprint density at radius 1 is 1.44 bits per heavy atom. The topological polar surface area (TPSA) is 39.9 Å². The zero-order valence-electron chi connectivity index (χ0n) is 8.77. The van der Waals surface area contributed by atoms with Gasteiger partial charge in [0.05, 0.1) is 11.6 Å². The summed E-state index contributed by atoms with van der Waals surface area (Å²) in [5.74, 6) is 1.75. The van der Waals surface area contributed by atoms with Gasteiger partial charge >= 0.3 is 0 Å². The molecule has 1 aliphatic heterocycles. The van der Waals surface area contributed by atoms with Crippen LogP contribution in [0.1, 0.15) is 5.56 Å². The van der Waals surface area contributed by atoms with Crippen molar-refractivity contribution in [1.82, 2.24) is 14.8 Å². The smallest absolute Gasteiger partial charge is 0.158 e. The van der Waals surface area contributed by atoms with Gasteiger partial charge in [-0.15, -0.1) is 0 Å². The van der Waals surface area contributed by atoms with E-state index in [1.165, 1.54) is 5.56 Å². The van der Waals surface area contributed by atoms with Crippen LogP contribution in [0.2, 0.25) is 0 Å². The van der Waals surface area contributed by atoms with Crippen LogP contribution in [0.5, 0.6) is 5.75 Å². The molecule has 0 aliphatic carbocycles. The van der Waals surface area contributed by atoms with Gasteiger partial charge in [0.2, 0.25) is 0 Å². The first kappa shape index (κ1) is 9.84. The third-order valence-electron chi connectivity index (χ3n) is 2.83. The average molecular weight is 280 g/mol. The van der Waals surface area contributed by atoms with Crippen molar-refractivity contribution in [3.05, 3.63) is 28.5 Å². The molecule has 0 spiro atoms. The van der Waals surface area contributed by atoms with Gasteiger partial charge in [-0.05, 0) is 40.0 Å². The summed E-state index contributed by atoms with van der Waals surface area (Å²) in [7, 11) is 1.67. The minimum Gasteiger partial charge on any atom is -0.496 e. The summed E-state index contributed by atoms with van der Waals surface area (Å²) in [5, 5.41) is 4.19. The fraction of sp³-hybridized carbons (Fsp3) is 0.273. The Morgan fingerprint density at radius 3 is 3.12 bits per heavy atom. The minimum atomic E-state index is 0.829. The predicted molar refractivity (Wildman–Crippen MR) is 63.4 cm³/mol. The number of nitrogens with zero attached hydrogens (tertiary/aromatic N) is 3. The molecule has 4 nitrogen and oxygen atoms in total. The lowest BCUT2D eigenvalue weighted by molar-refractivity contribution is 0.412. The molecule has 0 bridgehead atoms. The number of rotatable bonds is 1. The SMILES string of the molecule is COc1cc2c(cc1Br)CCn1ncnc1-2. The second kappa shape index (κ2) is 3.59. The highest BCUT2D eigenvalue weighted by Gasteiger charge is 2.19. The van der Waals surface area contributed by atoms with E-state index in [0.717, 1.165) is 34.6 Å². The van der Waals surface area contributed by atoms with Gasteiger partial charge < -0.3 is 4.74 Å². The molecule has 1 aliphatic rings. The Hall–Kier alpha value is -1.36. The Labute approximate surface area is 101 Å². The van der Waals surface area contributed by atoms with E-state index in [4.69, 9.17) is 4.74 Å². The van der Waals surface area contributed by atoms with Gasteiger partial charge in [0, 0.05) is 12.1 Å². The van der Waals surface area contributed by atoms with Crippen molar-refractivity contribution in [3.63, 3.8) is 0 Å². The molecular weight excluding hydrogens is 270 g/mol. The number of fused-ring (bicyclic) bond motifs is 3. The second-order valence-corrected chi connectivity index (χ2v) is 4.56. The normalized spacial score (nSPS) is 13.1. The summed E-state index contributed by atoms with van der Waals surface area (Å²) in [6.45, 7) is 0.890. The van der Waals surface area contributed by atoms with Gasteiger partial charge in [-0.2, -0.15) is 5.10 Å². The summed E-state index contributed by atoms with van der Waals surface area (Å²) in [6, 6.07) is 4.12. The fourth-order valence-corrected chi connectivity index (χ4v) is 2.58. The standard InChI is InChI=1S/C11H10BrN3O/c1-16-10-5-8-7(4-9(10)12)2-3-15-11(8)13-6-14-15/h4-6H,2-3H2,1H3. The van der Waals surface area contributed by atoms with E-state index in [1.807, 2.05) is 10.7 Å². The zero-order valence-corrected chi connectivity index (χ0v) is 10.4. The van der Waals surface area contributed by atoms with Crippen molar-refractivity contribution in [2.24, 2.45) is 0 Å². The van der Waals surface area contributed by atoms with Crippen molar-refractivity contribution in [3.8, 4) is 17.1 Å². The molecular formula is C11H10BrN3O. The van der Waals surface area contributed by atoms with Crippen LogP contribution in [-0.2, 0) is 13.0 Å². The maximum absolute atomic E-state index is 5.30. The molecule has 16 heavy (non-hydrogen) atoms. The van der Waals surface area contributed by atoms with E-state index in [-0.39, 0.29) is 0 Å². The first-order valence-electron chi connectivity index (χ1n) is 5.04. The van der Waals surface area contributed by atoms with E-state index in [2.05, 4.69) is 32.1 Å². The van der Waals surface area contributed by atoms with Gasteiger partial charge in [0.15, 0.2) is 5.82 Å². The van der Waals surface area contributed by atoms with Crippen molar-refractivity contribution < 1.29 is 4.74 Å². The van der Waals surface area contributed by atoms with E-state index in [1.54, 1.807) is 13.4 Å². The summed E-state index contributed by atoms with van der Waals surface area (Å²) in [4.78, 5) is 4.28. The van der Waals surface area contributed by atoms with Gasteiger partial charge in [-0.1, -0.05) is 0 Å². The molecule has 5 heteroatoms. The largest absolute Gasteiger partial charge is 0.496 e. The summed E-state index contributed by atoms with van der Waals surface area (Å²) in [5.41, 5.74) is 2.40. The minimum absolute atomic E-state index is 0.829. The molecule has 0 saturated heterocycles. The highest BCUT2D eigenvalue weighted by Crippen LogP contribution is 2.35. The maximum atomic E-state index is 5.30. The summed E-state index contributed by atoms with van der Waals surface area (Å²) in [6.07, 6.45) is 2.58. The molecule has 82 valence electrons. The molecule has 1 aromatic heterocycles. The first-order chi connectivity index (χ1) is 7.79. The number of aromatic nitrogens is 3. The first-order valence-corrected chi connectivity index (χ1v) is 5.83. The molecule has 0 amide bonds. The van der Waals surface area contributed by atoms with Crippen LogP contribution >= 0.6 is 15.9 Å². The molecule has 0 unspecified atom stereocenters. The number of methoxy groups -OCH3 is 1. The van der Waals surface area contributed by atoms with Crippen LogP contribution in [0.25, 0.3) is 11.4 Å². The summed E-state index contributed by atoms with van der Waals surface area (Å²) < 4.78 is 8.21. The molecule has 1 aromatic carbocycles. The highest BCUT2D eigenvalue weighted by molar-refractivity contribution is 9.10. The predicted octanol–water partition coefficient (Wildman–Crippen LogP) is 2.27. The Bertz CT molecular complexity index is 550. The van der Waals surface area contributed by atoms with Crippen LogP contribution in [0.4, 0.5) is 0 Å². The quantitative estimate of drug-likeness (QED) is 0.804. The molecule has 2 heterocycles. The Morgan fingerprint density at radius 2 is 2.31 bits per heavy atom. The van der Waals surface area contributed by atoms with Crippen LogP contribution < -0.4 is 4.74 Å². The lowest BCUT2D eigenvalue weighted by Crippen LogP contribution is -2.12. The van der Waals surface area contributed by atoms with Crippen LogP contribution in [0.15, 0.2) is 22.9 Å². The molecule has 0 saturated carbocycles. The fourth-order valence-electron chi connectivity index (χ4n) is 2.03. The van der Waals surface area contributed by atoms with Gasteiger partial charge in [0.25, 0.3) is 0 Å². The van der Waals surface area contributed by atoms with E-state index in [0.29, 0.717) is 0 Å². The van der Waals surface area contributed by atoms with Crippen molar-refractivity contribution in [2.75, 3.05) is 7.11 Å². The molecule has 0 atom stereocenters. The van der Waals surface area contributed by atoms with Gasteiger partial charge in [-0.25, -0.2) is 9.67 Å². The maximum Gasteiger partial charge on any atom is 0.158 e. The van der Waals surface area contributed by atoms with Crippen LogP contribution in [0, 0.1) is 0 Å². The van der Waals surface area contributed by atoms with Crippen molar-refractivity contribution in [1.29, 1.82) is 0 Å². The number of hydrogen-bond donors (Lipinski definition) is 0. The highest BCUT2D eigenvalue weighted by atomic mass is 79.9. The van der Waals surface area contributed by atoms with Crippen LogP contribution in [0.3, 0.4) is 0 Å². The van der Waals surface area contributed by atoms with Crippen molar-refractivity contribution >= 4 is 15.9 Å². The molecule has 0 radical (unpaired) electrons. The molecule has 0 N–H and O–H groups in total. The molecule has 0 fully saturated rings. The second-order valence-electron chi connectivity index (χ2n) is 3.70. The van der Waals surface area contributed by atoms with Gasteiger partial charge in [0.1, 0.15) is 12.1 Å². The third kappa shape index (κ3) is 1.35. The number of benzene rings is 1. The molecule has 2 aromatic rings. The number of aryl methyl sites for hydroxylation is 2. The third-order valence-corrected chi connectivity index (χ3v) is 3.45. The average Bonchev–Trinajstić information content (AvgIpc) is 2.76. The monoisotopic (exact) mass is 279 g/mol. The van der Waals surface area contributed by atoms with Gasteiger partial charge in [-0.3, -0.25) is 0 Å². The van der Waals surface area contributed by atoms with E-state index >= 15 is 0 Å². The number of ether oxygens (including phenoxy) is 1. The van der Waals surface area contributed by atoms with E-state index in [9.17, 15) is 0 Å². The lowest BCUT2D eigenvalue weighted by atomic mass is 10.0. The summed E-state index contributed by atoms with van der Waals surface area (Å²) >= 11 is 3.50. The van der Waals surface area contributed by atoms with Crippen LogP contribution in [-0.4, -0.2) is 21.9 Å². The van der Waals surface area contributed by atoms with E-state index < -0.39 is 0 Å². The Balaban J connectivity index is 2.24. The van der Waals surface area contributed by atoms with Crippen molar-refractivity contribution in [2.45, 2.75) is 13.0 Å². The zero-order chi connectivity index (χ0) is 11.1. The Kier molecular flexibility index (Phi) is 2.21. The lowest BCUT2D eigenvalue weighted by Gasteiger charge is -2.18. The number of hydrogen-bond acceptors (Lipinski definition) is 3.